The van der Waals surface area contributed by atoms with E-state index in [0.29, 0.717) is 50.0 Å². The number of imidazole rings is 1. The molecule has 0 spiro atoms. The molecule has 11 heteroatoms. The zero-order valence-corrected chi connectivity index (χ0v) is 22.7. The van der Waals surface area contributed by atoms with Crippen LogP contribution in [0.3, 0.4) is 0 Å². The summed E-state index contributed by atoms with van der Waals surface area (Å²) in [6.45, 7) is 4.19. The lowest BCUT2D eigenvalue weighted by Crippen LogP contribution is -2.39. The number of rotatable bonds is 12. The molecule has 37 heavy (non-hydrogen) atoms. The molecule has 202 valence electrons. The van der Waals surface area contributed by atoms with Crippen LogP contribution in [0, 0.1) is 5.92 Å². The third-order valence-electron chi connectivity index (χ3n) is 6.33. The highest BCUT2D eigenvalue weighted by Crippen LogP contribution is 2.31. The molecule has 1 saturated heterocycles. The number of aryl methyl sites for hydroxylation is 1. The van der Waals surface area contributed by atoms with Crippen LogP contribution in [0.2, 0.25) is 0 Å². The largest absolute Gasteiger partial charge is 0.435 e. The second-order valence-electron chi connectivity index (χ2n) is 9.17. The molecule has 0 radical (unpaired) electrons. The van der Waals surface area contributed by atoms with E-state index >= 15 is 0 Å². The highest BCUT2D eigenvalue weighted by molar-refractivity contribution is 7.98. The second kappa shape index (κ2) is 12.6. The van der Waals surface area contributed by atoms with Crippen molar-refractivity contribution < 1.29 is 26.7 Å². The van der Waals surface area contributed by atoms with E-state index in [4.69, 9.17) is 9.72 Å². The van der Waals surface area contributed by atoms with E-state index in [-0.39, 0.29) is 10.6 Å². The first kappa shape index (κ1) is 27.8. The van der Waals surface area contributed by atoms with Gasteiger partial charge >= 0.3 is 6.61 Å². The molecule has 0 unspecified atom stereocenters. The van der Waals surface area contributed by atoms with Crippen LogP contribution in [0.5, 0.6) is 5.75 Å². The van der Waals surface area contributed by atoms with Gasteiger partial charge in [-0.15, -0.1) is 0 Å². The molecule has 1 aromatic heterocycles. The van der Waals surface area contributed by atoms with Gasteiger partial charge in [-0.1, -0.05) is 30.8 Å². The van der Waals surface area contributed by atoms with Crippen LogP contribution in [0.4, 0.5) is 8.78 Å². The van der Waals surface area contributed by atoms with Gasteiger partial charge in [0.1, 0.15) is 5.75 Å². The fraction of sp³-hybridized carbons (Fsp3) is 0.500. The van der Waals surface area contributed by atoms with Crippen molar-refractivity contribution in [3.63, 3.8) is 0 Å². The fourth-order valence-corrected chi connectivity index (χ4v) is 7.09. The summed E-state index contributed by atoms with van der Waals surface area (Å²) < 4.78 is 65.1. The van der Waals surface area contributed by atoms with E-state index in [9.17, 15) is 17.2 Å². The Bertz CT molecular complexity index is 1280. The summed E-state index contributed by atoms with van der Waals surface area (Å²) in [4.78, 5) is 5.06. The summed E-state index contributed by atoms with van der Waals surface area (Å²) >= 11 is 1.51. The zero-order valence-electron chi connectivity index (χ0n) is 21.1. The number of sulfonamides is 1. The number of thioether (sulfide) groups is 1. The van der Waals surface area contributed by atoms with Gasteiger partial charge < -0.3 is 14.0 Å². The number of ether oxygens (including phenoxy) is 2. The highest BCUT2D eigenvalue weighted by Gasteiger charge is 2.29. The maximum atomic E-state index is 13.3. The molecular formula is C26H33F2N3O4S2. The molecule has 7 nitrogen and oxygen atoms in total. The van der Waals surface area contributed by atoms with Gasteiger partial charge in [0.2, 0.25) is 10.0 Å². The molecule has 0 N–H and O–H groups in total. The van der Waals surface area contributed by atoms with Crippen LogP contribution in [-0.4, -0.2) is 55.2 Å². The van der Waals surface area contributed by atoms with Crippen molar-refractivity contribution >= 4 is 32.8 Å². The van der Waals surface area contributed by atoms with Crippen LogP contribution in [0.15, 0.2) is 52.5 Å². The number of aromatic nitrogens is 2. The normalized spacial score (nSPS) is 17.1. The summed E-state index contributed by atoms with van der Waals surface area (Å²) in [5.74, 6) is 1.03. The molecular weight excluding hydrogens is 520 g/mol. The summed E-state index contributed by atoms with van der Waals surface area (Å²) in [5, 5.41) is 0.764. The molecule has 0 aliphatic carbocycles. The lowest BCUT2D eigenvalue weighted by atomic mass is 10.0. The van der Waals surface area contributed by atoms with E-state index in [2.05, 4.69) is 16.2 Å². The third-order valence-corrected chi connectivity index (χ3v) is 9.24. The van der Waals surface area contributed by atoms with E-state index in [1.165, 1.54) is 23.9 Å². The highest BCUT2D eigenvalue weighted by atomic mass is 32.2. The van der Waals surface area contributed by atoms with Gasteiger partial charge in [0.15, 0.2) is 5.16 Å². The third kappa shape index (κ3) is 7.01. The number of fused-ring (bicyclic) bond motifs is 1. The molecule has 3 aromatic rings. The number of benzene rings is 2. The van der Waals surface area contributed by atoms with Crippen LogP contribution >= 0.6 is 11.8 Å². The van der Waals surface area contributed by atoms with Crippen LogP contribution in [0.1, 0.15) is 38.7 Å². The summed E-state index contributed by atoms with van der Waals surface area (Å²) in [7, 11) is -3.59. The number of alkyl halides is 2. The maximum absolute atomic E-state index is 13.3. The molecule has 1 fully saturated rings. The van der Waals surface area contributed by atoms with Gasteiger partial charge in [0.05, 0.1) is 15.9 Å². The first-order valence-corrected chi connectivity index (χ1v) is 14.9. The van der Waals surface area contributed by atoms with Gasteiger partial charge in [0.25, 0.3) is 0 Å². The minimum absolute atomic E-state index is 0.115. The minimum atomic E-state index is -3.59. The van der Waals surface area contributed by atoms with Crippen molar-refractivity contribution in [2.75, 3.05) is 26.3 Å². The Morgan fingerprint density at radius 2 is 1.97 bits per heavy atom. The second-order valence-corrected chi connectivity index (χ2v) is 12.0. The monoisotopic (exact) mass is 553 g/mol. The van der Waals surface area contributed by atoms with Crippen molar-refractivity contribution in [1.29, 1.82) is 0 Å². The first-order chi connectivity index (χ1) is 17.8. The molecule has 2 aromatic carbocycles. The fourth-order valence-electron chi connectivity index (χ4n) is 4.47. The first-order valence-electron chi connectivity index (χ1n) is 12.5. The SMILES string of the molecule is CCOCCCn1c(SCc2ccc(OC(F)F)cc2)nc2cc(S(=O)(=O)N3CCC[C@H](C)C3)ccc21. The number of halogens is 2. The average molecular weight is 554 g/mol. The van der Waals surface area contributed by atoms with Gasteiger partial charge in [-0.05, 0) is 68.0 Å². The Balaban J connectivity index is 1.57. The predicted octanol–water partition coefficient (Wildman–Crippen LogP) is 5.78. The van der Waals surface area contributed by atoms with E-state index in [1.54, 1.807) is 28.6 Å². The lowest BCUT2D eigenvalue weighted by molar-refractivity contribution is -0.0498. The summed E-state index contributed by atoms with van der Waals surface area (Å²) in [6, 6.07) is 11.7. The van der Waals surface area contributed by atoms with Crippen molar-refractivity contribution in [1.82, 2.24) is 13.9 Å². The predicted molar refractivity (Wildman–Crippen MR) is 141 cm³/mol. The van der Waals surface area contributed by atoms with E-state index < -0.39 is 16.6 Å². The molecule has 1 atom stereocenters. The van der Waals surface area contributed by atoms with Crippen molar-refractivity contribution in [3.05, 3.63) is 48.0 Å². The van der Waals surface area contributed by atoms with E-state index in [1.807, 2.05) is 13.0 Å². The number of hydrogen-bond donors (Lipinski definition) is 0. The van der Waals surface area contributed by atoms with Gasteiger partial charge in [-0.2, -0.15) is 13.1 Å². The van der Waals surface area contributed by atoms with Gasteiger partial charge in [0, 0.05) is 38.6 Å². The van der Waals surface area contributed by atoms with Gasteiger partial charge in [-0.25, -0.2) is 13.4 Å². The lowest BCUT2D eigenvalue weighted by Gasteiger charge is -2.30. The van der Waals surface area contributed by atoms with Crippen LogP contribution in [-0.2, 0) is 27.1 Å². The zero-order chi connectivity index (χ0) is 26.4. The van der Waals surface area contributed by atoms with Crippen LogP contribution in [0.25, 0.3) is 11.0 Å². The number of nitrogens with zero attached hydrogens (tertiary/aromatic N) is 3. The summed E-state index contributed by atoms with van der Waals surface area (Å²) in [6.07, 6.45) is 2.70. The Kier molecular flexibility index (Phi) is 9.44. The summed E-state index contributed by atoms with van der Waals surface area (Å²) in [5.41, 5.74) is 2.43. The van der Waals surface area contributed by atoms with Crippen molar-refractivity contribution in [2.45, 2.75) is 62.1 Å². The smallest absolute Gasteiger partial charge is 0.387 e. The Morgan fingerprint density at radius 3 is 2.68 bits per heavy atom. The maximum Gasteiger partial charge on any atom is 0.387 e. The Morgan fingerprint density at radius 1 is 1.19 bits per heavy atom. The van der Waals surface area contributed by atoms with E-state index in [0.717, 1.165) is 35.5 Å². The molecule has 1 aliphatic heterocycles. The molecule has 1 aliphatic rings. The Hall–Kier alpha value is -2.21. The van der Waals surface area contributed by atoms with Crippen LogP contribution < -0.4 is 4.74 Å². The molecule has 4 rings (SSSR count). The quantitative estimate of drug-likeness (QED) is 0.209. The molecule has 0 bridgehead atoms. The van der Waals surface area contributed by atoms with Crippen molar-refractivity contribution in [3.8, 4) is 5.75 Å². The molecule has 0 amide bonds. The van der Waals surface area contributed by atoms with Crippen molar-refractivity contribution in [2.24, 2.45) is 5.92 Å². The topological polar surface area (TPSA) is 73.7 Å². The standard InChI is InChI=1S/C26H33F2N3O4S2/c1-3-34-15-5-14-31-24-12-11-22(37(32,33)30-13-4-6-19(2)17-30)16-23(24)29-26(31)36-18-20-7-9-21(10-8-20)35-25(27)28/h7-12,16,19,25H,3-6,13-15,17-18H2,1-2H3/t19-/m0/s1. The minimum Gasteiger partial charge on any atom is -0.435 e. The number of piperidine rings is 1. The molecule has 0 saturated carbocycles. The molecule has 2 heterocycles. The number of hydrogen-bond acceptors (Lipinski definition) is 6. The van der Waals surface area contributed by atoms with Gasteiger partial charge in [-0.3, -0.25) is 0 Å². The average Bonchev–Trinajstić information content (AvgIpc) is 3.22. The Labute approximate surface area is 221 Å².